The zero-order valence-corrected chi connectivity index (χ0v) is 8.26. The highest BCUT2D eigenvalue weighted by Crippen LogP contribution is 1.97. The Bertz CT molecular complexity index is 236. The molecule has 0 bridgehead atoms. The lowest BCUT2D eigenvalue weighted by Gasteiger charge is -1.85. The minimum absolute atomic E-state index is 1.17. The van der Waals surface area contributed by atoms with Crippen molar-refractivity contribution in [3.8, 4) is 0 Å². The third-order valence-corrected chi connectivity index (χ3v) is 1.20. The standard InChI is InChI=1S/C8H8.C4H6.H3NO/c1-2-8-6-4-3-5-7-8;1-3-4-2;1-2/h2-7H,1H2;3-4H,1-2H2;2H,1H2. The van der Waals surface area contributed by atoms with Crippen LogP contribution in [0.4, 0.5) is 0 Å². The largest absolute Gasteiger partial charge is 0.320 e. The average Bonchev–Trinajstić information content (AvgIpc) is 2.33. The molecular formula is C12H17NO. The first-order valence-electron chi connectivity index (χ1n) is 4.02. The second kappa shape index (κ2) is 13.9. The number of benzene rings is 1. The van der Waals surface area contributed by atoms with Crippen LogP contribution in [0.15, 0.2) is 62.2 Å². The molecule has 1 aromatic carbocycles. The highest BCUT2D eigenvalue weighted by Gasteiger charge is 1.75. The van der Waals surface area contributed by atoms with E-state index in [2.05, 4.69) is 25.6 Å². The summed E-state index contributed by atoms with van der Waals surface area (Å²) >= 11 is 0. The Kier molecular flexibility index (Phi) is 14.8. The summed E-state index contributed by atoms with van der Waals surface area (Å²) in [5, 5.41) is 6.50. The number of hydrogen-bond acceptors (Lipinski definition) is 2. The van der Waals surface area contributed by atoms with Gasteiger partial charge in [0.2, 0.25) is 0 Å². The zero-order chi connectivity index (χ0) is 11.2. The van der Waals surface area contributed by atoms with Crippen LogP contribution in [0.3, 0.4) is 0 Å². The molecule has 0 fully saturated rings. The van der Waals surface area contributed by atoms with Crippen LogP contribution < -0.4 is 5.90 Å². The number of nitrogens with two attached hydrogens (primary N) is 1. The van der Waals surface area contributed by atoms with E-state index in [1.807, 2.05) is 36.4 Å². The lowest BCUT2D eigenvalue weighted by Crippen LogP contribution is -1.72. The van der Waals surface area contributed by atoms with Gasteiger partial charge < -0.3 is 5.21 Å². The summed E-state index contributed by atoms with van der Waals surface area (Å²) < 4.78 is 0. The summed E-state index contributed by atoms with van der Waals surface area (Å²) in [7, 11) is 0. The van der Waals surface area contributed by atoms with Gasteiger partial charge in [0.1, 0.15) is 0 Å². The van der Waals surface area contributed by atoms with Crippen LogP contribution in [0.1, 0.15) is 5.56 Å². The molecule has 0 aliphatic carbocycles. The Balaban J connectivity index is 0. The van der Waals surface area contributed by atoms with Crippen molar-refractivity contribution >= 4 is 6.08 Å². The maximum absolute atomic E-state index is 6.50. The lowest BCUT2D eigenvalue weighted by molar-refractivity contribution is 0.311. The van der Waals surface area contributed by atoms with Gasteiger partial charge in [0.05, 0.1) is 0 Å². The van der Waals surface area contributed by atoms with E-state index in [1.54, 1.807) is 12.2 Å². The first-order valence-corrected chi connectivity index (χ1v) is 4.02. The van der Waals surface area contributed by atoms with Crippen LogP contribution in [0.25, 0.3) is 6.08 Å². The van der Waals surface area contributed by atoms with Gasteiger partial charge in [-0.1, -0.05) is 68.3 Å². The molecule has 76 valence electrons. The van der Waals surface area contributed by atoms with Gasteiger partial charge >= 0.3 is 0 Å². The predicted octanol–water partition coefficient (Wildman–Crippen LogP) is 3.02. The molecule has 0 aliphatic rings. The van der Waals surface area contributed by atoms with Crippen molar-refractivity contribution in [1.29, 1.82) is 0 Å². The van der Waals surface area contributed by atoms with Crippen molar-refractivity contribution in [2.24, 2.45) is 5.90 Å². The predicted molar refractivity (Wildman–Crippen MR) is 62.9 cm³/mol. The molecule has 2 heteroatoms. The molecule has 1 rings (SSSR count). The molecule has 0 radical (unpaired) electrons. The second-order valence-electron chi connectivity index (χ2n) is 2.09. The van der Waals surface area contributed by atoms with E-state index >= 15 is 0 Å². The lowest BCUT2D eigenvalue weighted by atomic mass is 10.2. The topological polar surface area (TPSA) is 46.2 Å². The van der Waals surface area contributed by atoms with Crippen LogP contribution in [0, 0.1) is 0 Å². The molecule has 0 amide bonds. The Labute approximate surface area is 85.7 Å². The van der Waals surface area contributed by atoms with E-state index in [0.29, 0.717) is 0 Å². The van der Waals surface area contributed by atoms with Crippen LogP contribution in [0.2, 0.25) is 0 Å². The summed E-state index contributed by atoms with van der Waals surface area (Å²) in [4.78, 5) is 0. The van der Waals surface area contributed by atoms with E-state index in [-0.39, 0.29) is 0 Å². The molecule has 0 aromatic heterocycles. The fourth-order valence-corrected chi connectivity index (χ4v) is 0.589. The Morgan fingerprint density at radius 2 is 1.36 bits per heavy atom. The molecule has 0 spiro atoms. The average molecular weight is 191 g/mol. The summed E-state index contributed by atoms with van der Waals surface area (Å²) in [5.74, 6) is 3.50. The van der Waals surface area contributed by atoms with Gasteiger partial charge in [0.25, 0.3) is 0 Å². The third-order valence-electron chi connectivity index (χ3n) is 1.20. The molecular weight excluding hydrogens is 174 g/mol. The van der Waals surface area contributed by atoms with Gasteiger partial charge in [-0.3, -0.25) is 0 Å². The van der Waals surface area contributed by atoms with E-state index < -0.39 is 0 Å². The number of rotatable bonds is 2. The smallest absolute Gasteiger partial charge is 0.0263 e. The highest BCUT2D eigenvalue weighted by molar-refractivity contribution is 5.45. The van der Waals surface area contributed by atoms with Crippen molar-refractivity contribution in [3.05, 3.63) is 67.8 Å². The quantitative estimate of drug-likeness (QED) is 0.557. The molecule has 1 aromatic rings. The zero-order valence-electron chi connectivity index (χ0n) is 8.26. The fourth-order valence-electron chi connectivity index (χ4n) is 0.589. The molecule has 3 N–H and O–H groups in total. The van der Waals surface area contributed by atoms with Crippen molar-refractivity contribution in [3.63, 3.8) is 0 Å². The summed E-state index contributed by atoms with van der Waals surface area (Å²) in [6, 6.07) is 10.0. The second-order valence-corrected chi connectivity index (χ2v) is 2.09. The van der Waals surface area contributed by atoms with E-state index in [4.69, 9.17) is 5.21 Å². The maximum Gasteiger partial charge on any atom is -0.0263 e. The van der Waals surface area contributed by atoms with Crippen LogP contribution >= 0.6 is 0 Å². The number of hydrogen-bond donors (Lipinski definition) is 2. The van der Waals surface area contributed by atoms with Gasteiger partial charge in [0.15, 0.2) is 0 Å². The van der Waals surface area contributed by atoms with E-state index in [0.717, 1.165) is 0 Å². The highest BCUT2D eigenvalue weighted by atomic mass is 16.4. The fraction of sp³-hybridized carbons (Fsp3) is 0. The van der Waals surface area contributed by atoms with Crippen LogP contribution in [-0.2, 0) is 0 Å². The monoisotopic (exact) mass is 191 g/mol. The Morgan fingerprint density at radius 1 is 0.929 bits per heavy atom. The van der Waals surface area contributed by atoms with Gasteiger partial charge in [-0.2, -0.15) is 0 Å². The van der Waals surface area contributed by atoms with Crippen LogP contribution in [0.5, 0.6) is 0 Å². The number of allylic oxidation sites excluding steroid dienone is 2. The molecule has 0 saturated heterocycles. The van der Waals surface area contributed by atoms with E-state index in [9.17, 15) is 0 Å². The van der Waals surface area contributed by atoms with Crippen molar-refractivity contribution in [2.45, 2.75) is 0 Å². The maximum atomic E-state index is 6.50. The Hall–Kier alpha value is -1.64. The third kappa shape index (κ3) is 10.4. The summed E-state index contributed by atoms with van der Waals surface area (Å²) in [5.41, 5.74) is 1.17. The molecule has 0 aliphatic heterocycles. The first-order chi connectivity index (χ1) is 6.85. The van der Waals surface area contributed by atoms with Crippen molar-refractivity contribution < 1.29 is 5.21 Å². The van der Waals surface area contributed by atoms with E-state index in [1.165, 1.54) is 5.56 Å². The molecule has 0 saturated carbocycles. The normalized spacial score (nSPS) is 6.71. The first kappa shape index (κ1) is 14.9. The SMILES string of the molecule is C=CC=C.C=Cc1ccccc1.NO. The Morgan fingerprint density at radius 3 is 1.57 bits per heavy atom. The molecule has 2 nitrogen and oxygen atoms in total. The molecule has 0 heterocycles. The van der Waals surface area contributed by atoms with Crippen molar-refractivity contribution in [1.82, 2.24) is 0 Å². The van der Waals surface area contributed by atoms with Gasteiger partial charge in [0, 0.05) is 0 Å². The molecule has 0 unspecified atom stereocenters. The summed E-state index contributed by atoms with van der Waals surface area (Å²) in [6.45, 7) is 10.4. The van der Waals surface area contributed by atoms with Gasteiger partial charge in [-0.25, -0.2) is 5.90 Å². The van der Waals surface area contributed by atoms with Gasteiger partial charge in [-0.05, 0) is 5.56 Å². The minimum Gasteiger partial charge on any atom is -0.320 e. The molecule has 0 atom stereocenters. The minimum atomic E-state index is 1.17. The molecule has 14 heavy (non-hydrogen) atoms. The van der Waals surface area contributed by atoms with Crippen molar-refractivity contribution in [2.75, 3.05) is 0 Å². The van der Waals surface area contributed by atoms with Gasteiger partial charge in [-0.15, -0.1) is 0 Å². The summed E-state index contributed by atoms with van der Waals surface area (Å²) in [6.07, 6.45) is 5.11. The van der Waals surface area contributed by atoms with Crippen LogP contribution in [-0.4, -0.2) is 5.21 Å².